The molecule has 0 aromatic heterocycles. The standard InChI is InChI=1S/C20H24N2O2S/c1-20(2,3)22-19(24)16-11-9-15(10-12-16)18(23)21-13-14-25-17-7-5-4-6-8-17/h4-12H,13-14H2,1-3H3,(H,21,23)(H,22,24). The highest BCUT2D eigenvalue weighted by Crippen LogP contribution is 2.15. The summed E-state index contributed by atoms with van der Waals surface area (Å²) in [5.74, 6) is 0.539. The maximum Gasteiger partial charge on any atom is 0.251 e. The van der Waals surface area contributed by atoms with Crippen molar-refractivity contribution >= 4 is 23.6 Å². The molecule has 0 spiro atoms. The van der Waals surface area contributed by atoms with Crippen molar-refractivity contribution in [1.82, 2.24) is 10.6 Å². The highest BCUT2D eigenvalue weighted by atomic mass is 32.2. The van der Waals surface area contributed by atoms with E-state index in [4.69, 9.17) is 0 Å². The normalized spacial score (nSPS) is 11.0. The number of hydrogen-bond acceptors (Lipinski definition) is 3. The number of nitrogens with one attached hydrogen (secondary N) is 2. The third-order valence-electron chi connectivity index (χ3n) is 3.30. The van der Waals surface area contributed by atoms with Crippen LogP contribution in [0.1, 0.15) is 41.5 Å². The van der Waals surface area contributed by atoms with E-state index in [1.807, 2.05) is 51.1 Å². The Morgan fingerprint density at radius 2 is 1.44 bits per heavy atom. The van der Waals surface area contributed by atoms with E-state index in [0.29, 0.717) is 17.7 Å². The second-order valence-corrected chi connectivity index (χ2v) is 7.87. The van der Waals surface area contributed by atoms with Crippen LogP contribution in [-0.4, -0.2) is 29.7 Å². The van der Waals surface area contributed by atoms with Gasteiger partial charge in [-0.2, -0.15) is 0 Å². The van der Waals surface area contributed by atoms with Crippen molar-refractivity contribution in [3.8, 4) is 0 Å². The van der Waals surface area contributed by atoms with Crippen molar-refractivity contribution in [2.75, 3.05) is 12.3 Å². The van der Waals surface area contributed by atoms with Crippen LogP contribution < -0.4 is 10.6 Å². The van der Waals surface area contributed by atoms with Crippen LogP contribution in [0.4, 0.5) is 0 Å². The van der Waals surface area contributed by atoms with Crippen LogP contribution in [0.15, 0.2) is 59.5 Å². The molecule has 0 atom stereocenters. The third-order valence-corrected chi connectivity index (χ3v) is 4.31. The number of benzene rings is 2. The first kappa shape index (κ1) is 19.1. The highest BCUT2D eigenvalue weighted by Gasteiger charge is 2.15. The van der Waals surface area contributed by atoms with E-state index in [-0.39, 0.29) is 17.4 Å². The molecule has 2 aromatic rings. The molecule has 0 radical (unpaired) electrons. The van der Waals surface area contributed by atoms with Gasteiger partial charge in [0.05, 0.1) is 0 Å². The lowest BCUT2D eigenvalue weighted by atomic mass is 10.1. The monoisotopic (exact) mass is 356 g/mol. The van der Waals surface area contributed by atoms with E-state index >= 15 is 0 Å². The van der Waals surface area contributed by atoms with Crippen molar-refractivity contribution in [3.63, 3.8) is 0 Å². The molecule has 2 N–H and O–H groups in total. The van der Waals surface area contributed by atoms with E-state index in [0.717, 1.165) is 5.75 Å². The Morgan fingerprint density at radius 1 is 0.880 bits per heavy atom. The topological polar surface area (TPSA) is 58.2 Å². The van der Waals surface area contributed by atoms with Gasteiger partial charge in [0.15, 0.2) is 0 Å². The van der Waals surface area contributed by atoms with E-state index in [2.05, 4.69) is 10.6 Å². The van der Waals surface area contributed by atoms with Gasteiger partial charge in [-0.15, -0.1) is 11.8 Å². The molecule has 25 heavy (non-hydrogen) atoms. The maximum absolute atomic E-state index is 12.1. The van der Waals surface area contributed by atoms with Gasteiger partial charge in [-0.05, 0) is 57.2 Å². The van der Waals surface area contributed by atoms with Gasteiger partial charge in [-0.1, -0.05) is 18.2 Å². The van der Waals surface area contributed by atoms with Crippen molar-refractivity contribution in [3.05, 3.63) is 65.7 Å². The largest absolute Gasteiger partial charge is 0.351 e. The van der Waals surface area contributed by atoms with Crippen LogP contribution in [0.25, 0.3) is 0 Å². The van der Waals surface area contributed by atoms with Gasteiger partial charge in [0, 0.05) is 33.9 Å². The van der Waals surface area contributed by atoms with E-state index in [1.54, 1.807) is 36.0 Å². The van der Waals surface area contributed by atoms with Crippen LogP contribution in [0, 0.1) is 0 Å². The molecule has 0 aliphatic carbocycles. The molecule has 2 rings (SSSR count). The van der Waals surface area contributed by atoms with Crippen molar-refractivity contribution in [1.29, 1.82) is 0 Å². The molecule has 5 heteroatoms. The van der Waals surface area contributed by atoms with Gasteiger partial charge in [0.2, 0.25) is 0 Å². The van der Waals surface area contributed by atoms with Gasteiger partial charge < -0.3 is 10.6 Å². The molecule has 2 amide bonds. The number of hydrogen-bond donors (Lipinski definition) is 2. The fourth-order valence-corrected chi connectivity index (χ4v) is 2.93. The maximum atomic E-state index is 12.1. The van der Waals surface area contributed by atoms with Crippen molar-refractivity contribution in [2.24, 2.45) is 0 Å². The minimum atomic E-state index is -0.288. The zero-order valence-electron chi connectivity index (χ0n) is 14.8. The highest BCUT2D eigenvalue weighted by molar-refractivity contribution is 7.99. The summed E-state index contributed by atoms with van der Waals surface area (Å²) in [7, 11) is 0. The van der Waals surface area contributed by atoms with Crippen LogP contribution in [0.3, 0.4) is 0 Å². The fraction of sp³-hybridized carbons (Fsp3) is 0.300. The average molecular weight is 356 g/mol. The first-order valence-corrected chi connectivity index (χ1v) is 9.22. The Bertz CT molecular complexity index is 707. The molecular weight excluding hydrogens is 332 g/mol. The summed E-state index contributed by atoms with van der Waals surface area (Å²) < 4.78 is 0. The summed E-state index contributed by atoms with van der Waals surface area (Å²) >= 11 is 1.70. The van der Waals surface area contributed by atoms with Crippen LogP contribution >= 0.6 is 11.8 Å². The smallest absolute Gasteiger partial charge is 0.251 e. The van der Waals surface area contributed by atoms with E-state index in [1.165, 1.54) is 4.90 Å². The molecule has 0 aliphatic heterocycles. The molecule has 0 fully saturated rings. The number of thioether (sulfide) groups is 1. The molecule has 0 aliphatic rings. The minimum Gasteiger partial charge on any atom is -0.351 e. The van der Waals surface area contributed by atoms with E-state index < -0.39 is 0 Å². The summed E-state index contributed by atoms with van der Waals surface area (Å²) in [6.45, 7) is 6.38. The van der Waals surface area contributed by atoms with Crippen LogP contribution in [0.5, 0.6) is 0 Å². The Morgan fingerprint density at radius 3 is 2.00 bits per heavy atom. The predicted molar refractivity (Wildman–Crippen MR) is 103 cm³/mol. The molecule has 0 saturated carbocycles. The Hall–Kier alpha value is -2.27. The average Bonchev–Trinajstić information content (AvgIpc) is 2.58. The lowest BCUT2D eigenvalue weighted by Crippen LogP contribution is -2.40. The number of carbonyl (C=O) groups is 2. The third kappa shape index (κ3) is 6.63. The van der Waals surface area contributed by atoms with Crippen LogP contribution in [0.2, 0.25) is 0 Å². The first-order chi connectivity index (χ1) is 11.8. The summed E-state index contributed by atoms with van der Waals surface area (Å²) in [6.07, 6.45) is 0. The summed E-state index contributed by atoms with van der Waals surface area (Å²) in [5.41, 5.74) is 0.812. The molecule has 132 valence electrons. The van der Waals surface area contributed by atoms with Crippen molar-refractivity contribution < 1.29 is 9.59 Å². The molecule has 0 heterocycles. The number of amides is 2. The summed E-state index contributed by atoms with van der Waals surface area (Å²) in [4.78, 5) is 25.4. The molecule has 4 nitrogen and oxygen atoms in total. The Labute approximate surface area is 153 Å². The number of carbonyl (C=O) groups excluding carboxylic acids is 2. The quantitative estimate of drug-likeness (QED) is 0.612. The predicted octanol–water partition coefficient (Wildman–Crippen LogP) is 3.74. The second-order valence-electron chi connectivity index (χ2n) is 6.70. The number of rotatable bonds is 6. The van der Waals surface area contributed by atoms with Gasteiger partial charge in [-0.3, -0.25) is 9.59 Å². The minimum absolute atomic E-state index is 0.128. The zero-order valence-corrected chi connectivity index (χ0v) is 15.7. The lowest BCUT2D eigenvalue weighted by molar-refractivity contribution is 0.0915. The fourth-order valence-electron chi connectivity index (χ4n) is 2.14. The lowest BCUT2D eigenvalue weighted by Gasteiger charge is -2.20. The summed E-state index contributed by atoms with van der Waals surface area (Å²) in [6, 6.07) is 16.8. The summed E-state index contributed by atoms with van der Waals surface area (Å²) in [5, 5.41) is 5.80. The van der Waals surface area contributed by atoms with Crippen molar-refractivity contribution in [2.45, 2.75) is 31.2 Å². The Kier molecular flexibility index (Phi) is 6.65. The van der Waals surface area contributed by atoms with Gasteiger partial charge in [0.1, 0.15) is 0 Å². The Balaban J connectivity index is 1.81. The van der Waals surface area contributed by atoms with E-state index in [9.17, 15) is 9.59 Å². The molecular formula is C20H24N2O2S. The van der Waals surface area contributed by atoms with Gasteiger partial charge in [0.25, 0.3) is 11.8 Å². The molecule has 2 aromatic carbocycles. The van der Waals surface area contributed by atoms with Gasteiger partial charge in [-0.25, -0.2) is 0 Å². The van der Waals surface area contributed by atoms with Gasteiger partial charge >= 0.3 is 0 Å². The zero-order chi connectivity index (χ0) is 18.3. The molecule has 0 unspecified atom stereocenters. The SMILES string of the molecule is CC(C)(C)NC(=O)c1ccc(C(=O)NCCSc2ccccc2)cc1. The molecule has 0 bridgehead atoms. The second kappa shape index (κ2) is 8.72. The first-order valence-electron chi connectivity index (χ1n) is 8.24. The van der Waals surface area contributed by atoms with Crippen LogP contribution in [-0.2, 0) is 0 Å². The molecule has 0 saturated heterocycles.